The quantitative estimate of drug-likeness (QED) is 0.611. The summed E-state index contributed by atoms with van der Waals surface area (Å²) in [4.78, 5) is 2.23. The van der Waals surface area contributed by atoms with Gasteiger partial charge in [0, 0.05) is 31.4 Å². The fourth-order valence-electron chi connectivity index (χ4n) is 3.48. The summed E-state index contributed by atoms with van der Waals surface area (Å²) in [5.74, 6) is 2.34. The van der Waals surface area contributed by atoms with E-state index in [2.05, 4.69) is 23.3 Å². The van der Waals surface area contributed by atoms with Crippen molar-refractivity contribution in [2.24, 2.45) is 0 Å². The molecule has 0 aliphatic carbocycles. The number of fused-ring (bicyclic) bond motifs is 1. The summed E-state index contributed by atoms with van der Waals surface area (Å²) in [7, 11) is 5.35. The molecule has 1 heterocycles. The number of anilines is 1. The van der Waals surface area contributed by atoms with E-state index in [-0.39, 0.29) is 6.61 Å². The monoisotopic (exact) mass is 386 g/mol. The van der Waals surface area contributed by atoms with E-state index in [0.29, 0.717) is 6.54 Å². The van der Waals surface area contributed by atoms with E-state index in [1.807, 2.05) is 30.3 Å². The van der Waals surface area contributed by atoms with Crippen molar-refractivity contribution in [1.82, 2.24) is 5.32 Å². The molecular weight excluding hydrogens is 356 g/mol. The molecule has 1 aliphatic rings. The van der Waals surface area contributed by atoms with E-state index >= 15 is 0 Å². The molecule has 0 saturated carbocycles. The second-order valence-corrected chi connectivity index (χ2v) is 7.03. The molecule has 28 heavy (non-hydrogen) atoms. The number of methoxy groups -OCH3 is 2. The number of nitrogens with zero attached hydrogens (tertiary/aromatic N) is 1. The van der Waals surface area contributed by atoms with Crippen LogP contribution in [0.1, 0.15) is 11.1 Å². The Kier molecular flexibility index (Phi) is 7.01. The smallest absolute Gasteiger partial charge is 0.160 e. The van der Waals surface area contributed by atoms with Crippen molar-refractivity contribution < 1.29 is 19.3 Å². The zero-order chi connectivity index (χ0) is 19.9. The fourth-order valence-corrected chi connectivity index (χ4v) is 3.48. The molecule has 152 valence electrons. The van der Waals surface area contributed by atoms with Crippen LogP contribution in [-0.2, 0) is 12.8 Å². The molecule has 1 atom stereocenters. The van der Waals surface area contributed by atoms with Gasteiger partial charge >= 0.3 is 0 Å². The minimum atomic E-state index is -0.555. The van der Waals surface area contributed by atoms with Gasteiger partial charge < -0.3 is 29.5 Å². The van der Waals surface area contributed by atoms with E-state index in [9.17, 15) is 5.11 Å². The standard InChI is InChI=1S/C22H30N2O4/c1-24-12-10-18-19(24)5-4-6-20(18)28-15-17(25)14-23-11-9-16-7-8-21(26-2)22(13-16)27-3/h4-8,13,17,23,25H,9-12,14-15H2,1-3H3. The molecule has 0 amide bonds. The van der Waals surface area contributed by atoms with Crippen LogP contribution in [0.15, 0.2) is 36.4 Å². The molecule has 0 spiro atoms. The van der Waals surface area contributed by atoms with E-state index in [1.165, 1.54) is 11.3 Å². The SMILES string of the molecule is COc1ccc(CCNCC(O)COc2cccc3c2CCN3C)cc1OC. The molecule has 0 aromatic heterocycles. The van der Waals surface area contributed by atoms with Crippen LogP contribution in [0.5, 0.6) is 17.2 Å². The van der Waals surface area contributed by atoms with Gasteiger partial charge in [-0.25, -0.2) is 0 Å². The van der Waals surface area contributed by atoms with Gasteiger partial charge in [-0.05, 0) is 49.2 Å². The largest absolute Gasteiger partial charge is 0.493 e. The van der Waals surface area contributed by atoms with Crippen LogP contribution in [0.2, 0.25) is 0 Å². The summed E-state index contributed by atoms with van der Waals surface area (Å²) >= 11 is 0. The van der Waals surface area contributed by atoms with Gasteiger partial charge in [0.1, 0.15) is 18.5 Å². The van der Waals surface area contributed by atoms with Gasteiger partial charge in [-0.1, -0.05) is 12.1 Å². The lowest BCUT2D eigenvalue weighted by Crippen LogP contribution is -2.32. The van der Waals surface area contributed by atoms with Crippen molar-refractivity contribution >= 4 is 5.69 Å². The third-order valence-electron chi connectivity index (χ3n) is 5.07. The van der Waals surface area contributed by atoms with Gasteiger partial charge in [-0.15, -0.1) is 0 Å². The average Bonchev–Trinajstić information content (AvgIpc) is 3.11. The summed E-state index contributed by atoms with van der Waals surface area (Å²) in [6.07, 6.45) is 1.27. The first-order valence-corrected chi connectivity index (χ1v) is 9.68. The molecule has 1 aliphatic heterocycles. The van der Waals surface area contributed by atoms with Crippen molar-refractivity contribution in [1.29, 1.82) is 0 Å². The highest BCUT2D eigenvalue weighted by atomic mass is 16.5. The molecule has 2 aromatic rings. The maximum atomic E-state index is 10.2. The maximum Gasteiger partial charge on any atom is 0.160 e. The van der Waals surface area contributed by atoms with E-state index < -0.39 is 6.10 Å². The second-order valence-electron chi connectivity index (χ2n) is 7.03. The van der Waals surface area contributed by atoms with Crippen molar-refractivity contribution in [3.05, 3.63) is 47.5 Å². The Morgan fingerprint density at radius 3 is 2.71 bits per heavy atom. The van der Waals surface area contributed by atoms with Crippen LogP contribution in [0, 0.1) is 0 Å². The highest BCUT2D eigenvalue weighted by molar-refractivity contribution is 5.62. The van der Waals surface area contributed by atoms with Gasteiger partial charge in [-0.2, -0.15) is 0 Å². The molecule has 3 rings (SSSR count). The van der Waals surface area contributed by atoms with Gasteiger partial charge in [-0.3, -0.25) is 0 Å². The first kappa shape index (κ1) is 20.3. The normalized spacial score (nSPS) is 13.9. The van der Waals surface area contributed by atoms with Gasteiger partial charge in [0.25, 0.3) is 0 Å². The number of benzene rings is 2. The van der Waals surface area contributed by atoms with E-state index in [4.69, 9.17) is 14.2 Å². The van der Waals surface area contributed by atoms with Crippen LogP contribution in [0.25, 0.3) is 0 Å². The summed E-state index contributed by atoms with van der Waals surface area (Å²) in [5, 5.41) is 13.5. The van der Waals surface area contributed by atoms with Gasteiger partial charge in [0.05, 0.1) is 14.2 Å². The first-order chi connectivity index (χ1) is 13.6. The third-order valence-corrected chi connectivity index (χ3v) is 5.07. The Balaban J connectivity index is 1.40. The lowest BCUT2D eigenvalue weighted by molar-refractivity contribution is 0.106. The third kappa shape index (κ3) is 4.88. The van der Waals surface area contributed by atoms with Crippen LogP contribution >= 0.6 is 0 Å². The van der Waals surface area contributed by atoms with Crippen LogP contribution < -0.4 is 24.4 Å². The second kappa shape index (κ2) is 9.66. The predicted molar refractivity (Wildman–Crippen MR) is 111 cm³/mol. The zero-order valence-electron chi connectivity index (χ0n) is 16.9. The Morgan fingerprint density at radius 1 is 1.11 bits per heavy atom. The number of rotatable bonds is 10. The molecular formula is C22H30N2O4. The van der Waals surface area contributed by atoms with E-state index in [0.717, 1.165) is 48.7 Å². The lowest BCUT2D eigenvalue weighted by atomic mass is 10.1. The Morgan fingerprint density at radius 2 is 1.93 bits per heavy atom. The molecule has 2 aromatic carbocycles. The summed E-state index contributed by atoms with van der Waals surface area (Å²) in [6.45, 7) is 2.54. The zero-order valence-corrected chi connectivity index (χ0v) is 16.9. The number of aliphatic hydroxyl groups excluding tert-OH is 1. The average molecular weight is 386 g/mol. The predicted octanol–water partition coefficient (Wildman–Crippen LogP) is 2.27. The maximum absolute atomic E-state index is 10.2. The van der Waals surface area contributed by atoms with Crippen LogP contribution in [0.4, 0.5) is 5.69 Å². The first-order valence-electron chi connectivity index (χ1n) is 9.68. The summed E-state index contributed by atoms with van der Waals surface area (Å²) in [5.41, 5.74) is 3.61. The molecule has 2 N–H and O–H groups in total. The highest BCUT2D eigenvalue weighted by Crippen LogP contribution is 2.34. The Hall–Kier alpha value is -2.44. The van der Waals surface area contributed by atoms with Gasteiger partial charge in [0.15, 0.2) is 11.5 Å². The molecule has 0 fully saturated rings. The molecule has 6 heteroatoms. The summed E-state index contributed by atoms with van der Waals surface area (Å²) in [6, 6.07) is 12.0. The minimum absolute atomic E-state index is 0.281. The topological polar surface area (TPSA) is 63.2 Å². The molecule has 0 bridgehead atoms. The Bertz CT molecular complexity index is 781. The number of hydrogen-bond donors (Lipinski definition) is 2. The van der Waals surface area contributed by atoms with Crippen molar-refractivity contribution in [2.75, 3.05) is 52.4 Å². The Labute approximate surface area is 167 Å². The van der Waals surface area contributed by atoms with Crippen LogP contribution in [0.3, 0.4) is 0 Å². The number of hydrogen-bond acceptors (Lipinski definition) is 6. The number of likely N-dealkylation sites (N-methyl/N-ethyl adjacent to an activating group) is 1. The minimum Gasteiger partial charge on any atom is -0.493 e. The fraction of sp³-hybridized carbons (Fsp3) is 0.455. The number of aliphatic hydroxyl groups is 1. The van der Waals surface area contributed by atoms with Crippen LogP contribution in [-0.4, -0.2) is 58.7 Å². The van der Waals surface area contributed by atoms with E-state index in [1.54, 1.807) is 14.2 Å². The van der Waals surface area contributed by atoms with Crippen molar-refractivity contribution in [3.63, 3.8) is 0 Å². The molecule has 6 nitrogen and oxygen atoms in total. The number of ether oxygens (including phenoxy) is 3. The lowest BCUT2D eigenvalue weighted by Gasteiger charge is -2.16. The molecule has 0 radical (unpaired) electrons. The molecule has 1 unspecified atom stereocenters. The highest BCUT2D eigenvalue weighted by Gasteiger charge is 2.19. The van der Waals surface area contributed by atoms with Crippen molar-refractivity contribution in [3.8, 4) is 17.2 Å². The number of nitrogens with one attached hydrogen (secondary N) is 1. The van der Waals surface area contributed by atoms with Gasteiger partial charge in [0.2, 0.25) is 0 Å². The summed E-state index contributed by atoms with van der Waals surface area (Å²) < 4.78 is 16.5. The molecule has 0 saturated heterocycles. The van der Waals surface area contributed by atoms with Crippen molar-refractivity contribution in [2.45, 2.75) is 18.9 Å².